The number of hydrogen-bond donors (Lipinski definition) is 1. The van der Waals surface area contributed by atoms with Crippen molar-refractivity contribution in [3.05, 3.63) is 53.6 Å². The van der Waals surface area contributed by atoms with Gasteiger partial charge in [-0.2, -0.15) is 4.31 Å². The van der Waals surface area contributed by atoms with E-state index in [1.807, 2.05) is 12.1 Å². The quantitative estimate of drug-likeness (QED) is 0.670. The van der Waals surface area contributed by atoms with Gasteiger partial charge < -0.3 is 15.1 Å². The largest absolute Gasteiger partial charge is 0.367 e. The van der Waals surface area contributed by atoms with Gasteiger partial charge in [0.1, 0.15) is 0 Å². The Morgan fingerprint density at radius 2 is 1.79 bits per heavy atom. The summed E-state index contributed by atoms with van der Waals surface area (Å²) in [5.41, 5.74) is 1.63. The summed E-state index contributed by atoms with van der Waals surface area (Å²) in [7, 11) is -3.62. The Hall–Kier alpha value is -2.13. The Balaban J connectivity index is 1.48. The number of carbonyl (C=O) groups excluding carboxylic acids is 1. The lowest BCUT2D eigenvalue weighted by Crippen LogP contribution is -2.46. The van der Waals surface area contributed by atoms with E-state index < -0.39 is 15.9 Å². The zero-order valence-electron chi connectivity index (χ0n) is 18.9. The van der Waals surface area contributed by atoms with Crippen LogP contribution in [0.1, 0.15) is 19.8 Å². The first-order valence-electron chi connectivity index (χ1n) is 11.5. The SMILES string of the molecule is CCN1CCN(c2ccc(Cl)cc2NC(=O)C2CCCN(S(=O)(=O)c3ccccc3)C2)CC1. The number of carbonyl (C=O) groups is 1. The van der Waals surface area contributed by atoms with E-state index >= 15 is 0 Å². The fraction of sp³-hybridized carbons (Fsp3) is 0.458. The van der Waals surface area contributed by atoms with Crippen molar-refractivity contribution < 1.29 is 13.2 Å². The van der Waals surface area contributed by atoms with Crippen LogP contribution in [0, 0.1) is 5.92 Å². The highest BCUT2D eigenvalue weighted by Crippen LogP contribution is 2.32. The monoisotopic (exact) mass is 490 g/mol. The van der Waals surface area contributed by atoms with Gasteiger partial charge >= 0.3 is 0 Å². The lowest BCUT2D eigenvalue weighted by Gasteiger charge is -2.36. The molecule has 2 aromatic rings. The van der Waals surface area contributed by atoms with E-state index in [-0.39, 0.29) is 17.3 Å². The highest BCUT2D eigenvalue weighted by molar-refractivity contribution is 7.89. The van der Waals surface area contributed by atoms with Crippen molar-refractivity contribution in [1.29, 1.82) is 0 Å². The Morgan fingerprint density at radius 1 is 1.06 bits per heavy atom. The van der Waals surface area contributed by atoms with Crippen LogP contribution in [0.3, 0.4) is 0 Å². The highest BCUT2D eigenvalue weighted by Gasteiger charge is 2.33. The predicted octanol–water partition coefficient (Wildman–Crippen LogP) is 3.52. The highest BCUT2D eigenvalue weighted by atomic mass is 35.5. The number of piperidine rings is 1. The Labute approximate surface area is 201 Å². The summed E-state index contributed by atoms with van der Waals surface area (Å²) >= 11 is 6.26. The average Bonchev–Trinajstić information content (AvgIpc) is 2.85. The molecule has 1 unspecified atom stereocenters. The van der Waals surface area contributed by atoms with Crippen LogP contribution >= 0.6 is 11.6 Å². The molecule has 33 heavy (non-hydrogen) atoms. The van der Waals surface area contributed by atoms with Gasteiger partial charge in [-0.1, -0.05) is 36.7 Å². The first kappa shape index (κ1) is 24.0. The van der Waals surface area contributed by atoms with Crippen molar-refractivity contribution in [3.63, 3.8) is 0 Å². The van der Waals surface area contributed by atoms with Gasteiger partial charge in [0.15, 0.2) is 0 Å². The number of halogens is 1. The van der Waals surface area contributed by atoms with Crippen molar-refractivity contribution in [3.8, 4) is 0 Å². The topological polar surface area (TPSA) is 73.0 Å². The number of nitrogens with zero attached hydrogens (tertiary/aromatic N) is 3. The van der Waals surface area contributed by atoms with Gasteiger partial charge in [0, 0.05) is 44.3 Å². The number of likely N-dealkylation sites (N-methyl/N-ethyl adjacent to an activating group) is 1. The molecule has 1 amide bonds. The molecule has 2 saturated heterocycles. The number of hydrogen-bond acceptors (Lipinski definition) is 5. The molecule has 4 rings (SSSR count). The Kier molecular flexibility index (Phi) is 7.58. The maximum atomic E-state index is 13.2. The normalized spacial score (nSPS) is 20.5. The summed E-state index contributed by atoms with van der Waals surface area (Å²) in [4.78, 5) is 18.1. The molecule has 2 aliphatic rings. The lowest BCUT2D eigenvalue weighted by molar-refractivity contribution is -0.120. The number of sulfonamides is 1. The van der Waals surface area contributed by atoms with E-state index in [4.69, 9.17) is 11.6 Å². The molecular weight excluding hydrogens is 460 g/mol. The number of benzene rings is 2. The maximum Gasteiger partial charge on any atom is 0.243 e. The molecule has 0 radical (unpaired) electrons. The van der Waals surface area contributed by atoms with Gasteiger partial charge in [-0.25, -0.2) is 8.42 Å². The number of rotatable bonds is 6. The average molecular weight is 491 g/mol. The summed E-state index contributed by atoms with van der Waals surface area (Å²) in [5.74, 6) is -0.584. The molecule has 1 N–H and O–H groups in total. The van der Waals surface area contributed by atoms with Crippen molar-refractivity contribution in [2.75, 3.05) is 56.0 Å². The summed E-state index contributed by atoms with van der Waals surface area (Å²) in [6.07, 6.45) is 1.29. The molecule has 2 fully saturated rings. The summed E-state index contributed by atoms with van der Waals surface area (Å²) in [6.45, 7) is 7.50. The van der Waals surface area contributed by atoms with E-state index in [2.05, 4.69) is 22.0 Å². The van der Waals surface area contributed by atoms with Crippen LogP contribution in [0.4, 0.5) is 11.4 Å². The molecule has 0 spiro atoms. The first-order valence-corrected chi connectivity index (χ1v) is 13.3. The maximum absolute atomic E-state index is 13.2. The molecular formula is C24H31ClN4O3S. The molecule has 0 saturated carbocycles. The zero-order valence-corrected chi connectivity index (χ0v) is 20.5. The number of piperazine rings is 1. The first-order chi connectivity index (χ1) is 15.9. The second-order valence-corrected chi connectivity index (χ2v) is 11.0. The van der Waals surface area contributed by atoms with Crippen molar-refractivity contribution in [2.45, 2.75) is 24.7 Å². The number of amides is 1. The van der Waals surface area contributed by atoms with E-state index in [9.17, 15) is 13.2 Å². The van der Waals surface area contributed by atoms with E-state index in [0.717, 1.165) is 38.4 Å². The van der Waals surface area contributed by atoms with Crippen LogP contribution in [0.5, 0.6) is 0 Å². The van der Waals surface area contributed by atoms with Crippen LogP contribution in [0.15, 0.2) is 53.4 Å². The molecule has 2 aromatic carbocycles. The number of anilines is 2. The van der Waals surface area contributed by atoms with Crippen LogP contribution < -0.4 is 10.2 Å². The minimum atomic E-state index is -3.62. The molecule has 9 heteroatoms. The smallest absolute Gasteiger partial charge is 0.243 e. The standard InChI is InChI=1S/C24H31ClN4O3S/c1-2-27-13-15-28(16-14-27)23-11-10-20(25)17-22(23)26-24(30)19-7-6-12-29(18-19)33(31,32)21-8-4-3-5-9-21/h3-5,8-11,17,19H,2,6-7,12-16,18H2,1H3,(H,26,30). The van der Waals surface area contributed by atoms with Crippen LogP contribution in [-0.2, 0) is 14.8 Å². The molecule has 7 nitrogen and oxygen atoms in total. The number of nitrogens with one attached hydrogen (secondary N) is 1. The van der Waals surface area contributed by atoms with Gasteiger partial charge in [-0.05, 0) is 49.7 Å². The minimum Gasteiger partial charge on any atom is -0.367 e. The Bertz CT molecular complexity index is 1070. The summed E-state index contributed by atoms with van der Waals surface area (Å²) in [6, 6.07) is 14.0. The van der Waals surface area contributed by atoms with Crippen molar-refractivity contribution >= 4 is 38.9 Å². The third-order valence-corrected chi connectivity index (χ3v) is 8.63. The third kappa shape index (κ3) is 5.51. The molecule has 1 atom stereocenters. The fourth-order valence-corrected chi connectivity index (χ4v) is 6.26. The molecule has 178 valence electrons. The van der Waals surface area contributed by atoms with Gasteiger partial charge in [-0.3, -0.25) is 4.79 Å². The third-order valence-electron chi connectivity index (χ3n) is 6.51. The van der Waals surface area contributed by atoms with E-state index in [0.29, 0.717) is 30.1 Å². The molecule has 0 aromatic heterocycles. The van der Waals surface area contributed by atoms with Gasteiger partial charge in [0.05, 0.1) is 22.2 Å². The van der Waals surface area contributed by atoms with E-state index in [1.165, 1.54) is 4.31 Å². The van der Waals surface area contributed by atoms with Gasteiger partial charge in [0.25, 0.3) is 0 Å². The Morgan fingerprint density at radius 3 is 2.48 bits per heavy atom. The van der Waals surface area contributed by atoms with Crippen LogP contribution in [0.2, 0.25) is 5.02 Å². The molecule has 0 bridgehead atoms. The van der Waals surface area contributed by atoms with Gasteiger partial charge in [0.2, 0.25) is 15.9 Å². The second kappa shape index (κ2) is 10.4. The zero-order chi connectivity index (χ0) is 23.4. The van der Waals surface area contributed by atoms with E-state index in [1.54, 1.807) is 36.4 Å². The summed E-state index contributed by atoms with van der Waals surface area (Å²) in [5, 5.41) is 3.61. The minimum absolute atomic E-state index is 0.168. The van der Waals surface area contributed by atoms with Crippen LogP contribution in [-0.4, -0.2) is 69.3 Å². The van der Waals surface area contributed by atoms with Crippen molar-refractivity contribution in [2.24, 2.45) is 5.92 Å². The second-order valence-electron chi connectivity index (χ2n) is 8.59. The summed E-state index contributed by atoms with van der Waals surface area (Å²) < 4.78 is 27.5. The fourth-order valence-electron chi connectivity index (χ4n) is 4.54. The molecule has 2 aliphatic heterocycles. The van der Waals surface area contributed by atoms with Gasteiger partial charge in [-0.15, -0.1) is 0 Å². The molecule has 0 aliphatic carbocycles. The van der Waals surface area contributed by atoms with Crippen molar-refractivity contribution in [1.82, 2.24) is 9.21 Å². The lowest BCUT2D eigenvalue weighted by atomic mass is 9.98. The molecule has 2 heterocycles. The van der Waals surface area contributed by atoms with Crippen LogP contribution in [0.25, 0.3) is 0 Å². The predicted molar refractivity (Wildman–Crippen MR) is 132 cm³/mol.